The first-order chi connectivity index (χ1) is 8.96. The Bertz CT molecular complexity index is 681. The van der Waals surface area contributed by atoms with E-state index < -0.39 is 10.0 Å². The second-order valence-corrected chi connectivity index (χ2v) is 6.15. The highest BCUT2D eigenvalue weighted by Gasteiger charge is 2.13. The van der Waals surface area contributed by atoms with Crippen LogP contribution in [-0.2, 0) is 15.8 Å². The minimum absolute atomic E-state index is 0.131. The maximum absolute atomic E-state index is 12.1. The zero-order valence-electron chi connectivity index (χ0n) is 10.6. The van der Waals surface area contributed by atoms with Gasteiger partial charge in [-0.05, 0) is 36.2 Å². The molecule has 0 saturated carbocycles. The summed E-state index contributed by atoms with van der Waals surface area (Å²) in [6.45, 7) is 1.91. The van der Waals surface area contributed by atoms with Gasteiger partial charge in [-0.25, -0.2) is 8.42 Å². The number of benzene rings is 2. The largest absolute Gasteiger partial charge is 0.398 e. The van der Waals surface area contributed by atoms with Gasteiger partial charge in [0.1, 0.15) is 0 Å². The zero-order valence-corrected chi connectivity index (χ0v) is 11.4. The van der Waals surface area contributed by atoms with E-state index in [0.29, 0.717) is 16.9 Å². The second kappa shape index (κ2) is 5.32. The fourth-order valence-corrected chi connectivity index (χ4v) is 3.03. The standard InChI is InChI=1S/C14H16N2O2S/c1-11-5-4-7-13(9-11)16-19(17,18)10-12-6-2-3-8-14(12)15/h2-9,16H,10,15H2,1H3. The highest BCUT2D eigenvalue weighted by atomic mass is 32.2. The van der Waals surface area contributed by atoms with Gasteiger partial charge >= 0.3 is 0 Å². The van der Waals surface area contributed by atoms with Crippen molar-refractivity contribution in [2.24, 2.45) is 0 Å². The van der Waals surface area contributed by atoms with Gasteiger partial charge in [0, 0.05) is 11.4 Å². The number of nitrogens with one attached hydrogen (secondary N) is 1. The van der Waals surface area contributed by atoms with Crippen molar-refractivity contribution in [3.63, 3.8) is 0 Å². The molecule has 0 heterocycles. The predicted molar refractivity (Wildman–Crippen MR) is 78.3 cm³/mol. The predicted octanol–water partition coefficient (Wildman–Crippen LogP) is 2.52. The molecule has 0 aromatic heterocycles. The molecule has 0 atom stereocenters. The Morgan fingerprint density at radius 1 is 1.11 bits per heavy atom. The summed E-state index contributed by atoms with van der Waals surface area (Å²) in [4.78, 5) is 0. The van der Waals surface area contributed by atoms with Crippen LogP contribution in [0.3, 0.4) is 0 Å². The Morgan fingerprint density at radius 2 is 1.84 bits per heavy atom. The quantitative estimate of drug-likeness (QED) is 0.843. The lowest BCUT2D eigenvalue weighted by Gasteiger charge is -2.10. The van der Waals surface area contributed by atoms with Crippen LogP contribution in [0.25, 0.3) is 0 Å². The van der Waals surface area contributed by atoms with E-state index in [9.17, 15) is 8.42 Å². The maximum atomic E-state index is 12.1. The van der Waals surface area contributed by atoms with Crippen LogP contribution in [0.2, 0.25) is 0 Å². The Labute approximate surface area is 113 Å². The molecule has 0 radical (unpaired) electrons. The van der Waals surface area contributed by atoms with Gasteiger partial charge < -0.3 is 5.73 Å². The molecule has 5 heteroatoms. The molecule has 0 amide bonds. The maximum Gasteiger partial charge on any atom is 0.236 e. The summed E-state index contributed by atoms with van der Waals surface area (Å²) < 4.78 is 26.7. The van der Waals surface area contributed by atoms with Gasteiger partial charge in [0.05, 0.1) is 5.75 Å². The van der Waals surface area contributed by atoms with Crippen molar-refractivity contribution < 1.29 is 8.42 Å². The molecule has 0 saturated heterocycles. The normalized spacial score (nSPS) is 11.2. The third-order valence-electron chi connectivity index (χ3n) is 2.69. The molecule has 0 unspecified atom stereocenters. The topological polar surface area (TPSA) is 72.2 Å². The number of anilines is 2. The van der Waals surface area contributed by atoms with Crippen molar-refractivity contribution in [1.82, 2.24) is 0 Å². The minimum atomic E-state index is -3.46. The molecule has 0 fully saturated rings. The van der Waals surface area contributed by atoms with E-state index in [1.807, 2.05) is 19.1 Å². The van der Waals surface area contributed by atoms with Gasteiger partial charge in [0.2, 0.25) is 10.0 Å². The molecule has 100 valence electrons. The summed E-state index contributed by atoms with van der Waals surface area (Å²) in [7, 11) is -3.46. The molecule has 0 aliphatic carbocycles. The second-order valence-electron chi connectivity index (χ2n) is 4.43. The molecule has 19 heavy (non-hydrogen) atoms. The van der Waals surface area contributed by atoms with Crippen LogP contribution >= 0.6 is 0 Å². The molecule has 4 nitrogen and oxygen atoms in total. The average molecular weight is 276 g/mol. The minimum Gasteiger partial charge on any atom is -0.398 e. The lowest BCUT2D eigenvalue weighted by Crippen LogP contribution is -2.15. The molecular formula is C14H16N2O2S. The molecule has 0 aliphatic heterocycles. The van der Waals surface area contributed by atoms with Crippen LogP contribution in [0.4, 0.5) is 11.4 Å². The van der Waals surface area contributed by atoms with Gasteiger partial charge in [-0.3, -0.25) is 4.72 Å². The monoisotopic (exact) mass is 276 g/mol. The van der Waals surface area contributed by atoms with Gasteiger partial charge in [-0.15, -0.1) is 0 Å². The fraction of sp³-hybridized carbons (Fsp3) is 0.143. The van der Waals surface area contributed by atoms with Crippen molar-refractivity contribution >= 4 is 21.4 Å². The molecule has 0 spiro atoms. The van der Waals surface area contributed by atoms with Gasteiger partial charge in [-0.1, -0.05) is 30.3 Å². The Balaban J connectivity index is 2.18. The first kappa shape index (κ1) is 13.4. The number of para-hydroxylation sites is 1. The van der Waals surface area contributed by atoms with Crippen LogP contribution in [0.15, 0.2) is 48.5 Å². The van der Waals surface area contributed by atoms with Crippen LogP contribution in [-0.4, -0.2) is 8.42 Å². The van der Waals surface area contributed by atoms with E-state index in [-0.39, 0.29) is 5.75 Å². The summed E-state index contributed by atoms with van der Waals surface area (Å²) in [6.07, 6.45) is 0. The van der Waals surface area contributed by atoms with Gasteiger partial charge in [0.25, 0.3) is 0 Å². The van der Waals surface area contributed by atoms with Crippen molar-refractivity contribution in [2.75, 3.05) is 10.5 Å². The summed E-state index contributed by atoms with van der Waals surface area (Å²) in [6, 6.07) is 14.2. The first-order valence-electron chi connectivity index (χ1n) is 5.87. The summed E-state index contributed by atoms with van der Waals surface area (Å²) in [5, 5.41) is 0. The number of hydrogen-bond acceptors (Lipinski definition) is 3. The van der Waals surface area contributed by atoms with Crippen LogP contribution in [0.1, 0.15) is 11.1 Å². The summed E-state index contributed by atoms with van der Waals surface area (Å²) >= 11 is 0. The zero-order chi connectivity index (χ0) is 13.9. The van der Waals surface area contributed by atoms with E-state index in [4.69, 9.17) is 5.73 Å². The molecule has 2 aromatic carbocycles. The molecular weight excluding hydrogens is 260 g/mol. The Kier molecular flexibility index (Phi) is 3.76. The summed E-state index contributed by atoms with van der Waals surface area (Å²) in [5.41, 5.74) is 8.40. The van der Waals surface area contributed by atoms with Crippen LogP contribution in [0, 0.1) is 6.92 Å². The third-order valence-corrected chi connectivity index (χ3v) is 3.93. The average Bonchev–Trinajstić information content (AvgIpc) is 2.31. The lowest BCUT2D eigenvalue weighted by atomic mass is 10.2. The van der Waals surface area contributed by atoms with Crippen molar-refractivity contribution in [2.45, 2.75) is 12.7 Å². The number of hydrogen-bond donors (Lipinski definition) is 2. The number of nitrogens with two attached hydrogens (primary N) is 1. The van der Waals surface area contributed by atoms with E-state index >= 15 is 0 Å². The third kappa shape index (κ3) is 3.72. The highest BCUT2D eigenvalue weighted by molar-refractivity contribution is 7.91. The SMILES string of the molecule is Cc1cccc(NS(=O)(=O)Cc2ccccc2N)c1. The van der Waals surface area contributed by atoms with E-state index in [1.54, 1.807) is 36.4 Å². The van der Waals surface area contributed by atoms with E-state index in [1.165, 1.54) is 0 Å². The Hall–Kier alpha value is -2.01. The number of nitrogen functional groups attached to an aromatic ring is 1. The first-order valence-corrected chi connectivity index (χ1v) is 7.52. The van der Waals surface area contributed by atoms with Crippen molar-refractivity contribution in [1.29, 1.82) is 0 Å². The number of aryl methyl sites for hydroxylation is 1. The number of sulfonamides is 1. The van der Waals surface area contributed by atoms with Crippen LogP contribution < -0.4 is 10.5 Å². The smallest absolute Gasteiger partial charge is 0.236 e. The molecule has 3 N–H and O–H groups in total. The number of rotatable bonds is 4. The van der Waals surface area contributed by atoms with E-state index in [2.05, 4.69) is 4.72 Å². The van der Waals surface area contributed by atoms with Gasteiger partial charge in [-0.2, -0.15) is 0 Å². The van der Waals surface area contributed by atoms with E-state index in [0.717, 1.165) is 5.56 Å². The van der Waals surface area contributed by atoms with Crippen molar-refractivity contribution in [3.8, 4) is 0 Å². The molecule has 2 aromatic rings. The molecule has 2 rings (SSSR count). The molecule has 0 bridgehead atoms. The van der Waals surface area contributed by atoms with Gasteiger partial charge in [0.15, 0.2) is 0 Å². The highest BCUT2D eigenvalue weighted by Crippen LogP contribution is 2.17. The molecule has 0 aliphatic rings. The lowest BCUT2D eigenvalue weighted by molar-refractivity contribution is 0.600. The Morgan fingerprint density at radius 3 is 2.53 bits per heavy atom. The van der Waals surface area contributed by atoms with Crippen LogP contribution in [0.5, 0.6) is 0 Å². The summed E-state index contributed by atoms with van der Waals surface area (Å²) in [5.74, 6) is -0.131. The fourth-order valence-electron chi connectivity index (χ4n) is 1.79. The van der Waals surface area contributed by atoms with Crippen molar-refractivity contribution in [3.05, 3.63) is 59.7 Å².